The Morgan fingerprint density at radius 1 is 1.00 bits per heavy atom. The van der Waals surface area contributed by atoms with Crippen LogP contribution in [0.4, 0.5) is 0 Å². The lowest BCUT2D eigenvalue weighted by molar-refractivity contribution is -0.0203. The number of hydrogen-bond donors (Lipinski definition) is 0. The number of halogens is 1. The zero-order chi connectivity index (χ0) is 19.1. The molecule has 0 radical (unpaired) electrons. The van der Waals surface area contributed by atoms with Crippen LogP contribution >= 0.6 is 15.9 Å². The third-order valence-corrected chi connectivity index (χ3v) is 5.76. The minimum Gasteiger partial charge on any atom is -0.496 e. The third kappa shape index (κ3) is 2.87. The van der Waals surface area contributed by atoms with Gasteiger partial charge in [-0.2, -0.15) is 5.10 Å². The number of ether oxygens (including phenoxy) is 2. The van der Waals surface area contributed by atoms with Crippen LogP contribution in [0.3, 0.4) is 0 Å². The van der Waals surface area contributed by atoms with Crippen LogP contribution in [0.2, 0.25) is 0 Å². The summed E-state index contributed by atoms with van der Waals surface area (Å²) in [5.74, 6) is 1.69. The van der Waals surface area contributed by atoms with E-state index in [2.05, 4.69) is 57.3 Å². The summed E-state index contributed by atoms with van der Waals surface area (Å²) in [5.41, 5.74) is 4.34. The SMILES string of the molecule is COc1ccc(Br)cc1C1Oc2ccccc2C2CC(c3ccccc3)=NN21. The number of para-hydroxylation sites is 1. The lowest BCUT2D eigenvalue weighted by Crippen LogP contribution is -2.33. The monoisotopic (exact) mass is 434 g/mol. The van der Waals surface area contributed by atoms with E-state index in [4.69, 9.17) is 14.6 Å². The lowest BCUT2D eigenvalue weighted by atomic mass is 9.96. The number of methoxy groups -OCH3 is 1. The second-order valence-electron chi connectivity index (χ2n) is 6.91. The Hall–Kier alpha value is -2.79. The molecule has 140 valence electrons. The molecule has 0 aliphatic carbocycles. The van der Waals surface area contributed by atoms with E-state index in [9.17, 15) is 0 Å². The van der Waals surface area contributed by atoms with Gasteiger partial charge in [-0.05, 0) is 29.8 Å². The van der Waals surface area contributed by atoms with Crippen molar-refractivity contribution in [2.24, 2.45) is 5.10 Å². The van der Waals surface area contributed by atoms with Crippen molar-refractivity contribution in [3.8, 4) is 11.5 Å². The number of fused-ring (bicyclic) bond motifs is 3. The van der Waals surface area contributed by atoms with Crippen LogP contribution in [-0.2, 0) is 0 Å². The van der Waals surface area contributed by atoms with E-state index in [0.29, 0.717) is 0 Å². The van der Waals surface area contributed by atoms with Crippen LogP contribution in [0.15, 0.2) is 82.4 Å². The van der Waals surface area contributed by atoms with Crippen LogP contribution < -0.4 is 9.47 Å². The topological polar surface area (TPSA) is 34.1 Å². The molecule has 3 aromatic carbocycles. The first kappa shape index (κ1) is 17.3. The molecular formula is C23H19BrN2O2. The Morgan fingerprint density at radius 2 is 1.79 bits per heavy atom. The summed E-state index contributed by atoms with van der Waals surface area (Å²) in [6.45, 7) is 0. The molecule has 4 nitrogen and oxygen atoms in total. The first-order valence-corrected chi connectivity index (χ1v) is 10.0. The Morgan fingerprint density at radius 3 is 2.61 bits per heavy atom. The molecule has 3 aromatic rings. The molecule has 2 aliphatic rings. The standard InChI is InChI=1S/C23H19BrN2O2/c1-27-21-12-11-16(24)13-18(21)23-26-20(17-9-5-6-10-22(17)28-23)14-19(25-26)15-7-3-2-4-8-15/h2-13,20,23H,14H2,1H3. The van der Waals surface area contributed by atoms with Crippen LogP contribution in [0.5, 0.6) is 11.5 Å². The largest absolute Gasteiger partial charge is 0.496 e. The molecule has 5 heteroatoms. The molecule has 0 saturated carbocycles. The minimum atomic E-state index is -0.353. The Kier molecular flexibility index (Phi) is 4.32. The van der Waals surface area contributed by atoms with Crippen molar-refractivity contribution in [2.75, 3.05) is 7.11 Å². The summed E-state index contributed by atoms with van der Waals surface area (Å²) in [7, 11) is 1.68. The van der Waals surface area contributed by atoms with Crippen molar-refractivity contribution in [3.05, 3.63) is 94.0 Å². The Labute approximate surface area is 172 Å². The maximum absolute atomic E-state index is 6.43. The van der Waals surface area contributed by atoms with E-state index >= 15 is 0 Å². The van der Waals surface area contributed by atoms with Crippen molar-refractivity contribution in [3.63, 3.8) is 0 Å². The summed E-state index contributed by atoms with van der Waals surface area (Å²) in [6, 6.07) is 24.7. The molecule has 0 N–H and O–H groups in total. The molecule has 0 fully saturated rings. The highest BCUT2D eigenvalue weighted by atomic mass is 79.9. The number of rotatable bonds is 3. The molecule has 2 heterocycles. The van der Waals surface area contributed by atoms with Gasteiger partial charge in [-0.1, -0.05) is 64.5 Å². The van der Waals surface area contributed by atoms with Gasteiger partial charge in [0.05, 0.1) is 24.4 Å². The highest BCUT2D eigenvalue weighted by molar-refractivity contribution is 9.10. The predicted molar refractivity (Wildman–Crippen MR) is 113 cm³/mol. The van der Waals surface area contributed by atoms with Gasteiger partial charge in [0.15, 0.2) is 0 Å². The van der Waals surface area contributed by atoms with E-state index in [1.54, 1.807) is 7.11 Å². The molecule has 0 saturated heterocycles. The van der Waals surface area contributed by atoms with E-state index in [1.807, 2.05) is 36.4 Å². The fourth-order valence-corrected chi connectivity index (χ4v) is 4.32. The molecule has 0 bridgehead atoms. The quantitative estimate of drug-likeness (QED) is 0.529. The van der Waals surface area contributed by atoms with Crippen LogP contribution in [0.1, 0.15) is 35.4 Å². The van der Waals surface area contributed by atoms with Crippen LogP contribution in [0.25, 0.3) is 0 Å². The molecular weight excluding hydrogens is 416 g/mol. The highest BCUT2D eigenvalue weighted by Gasteiger charge is 2.41. The third-order valence-electron chi connectivity index (χ3n) is 5.26. The van der Waals surface area contributed by atoms with Crippen molar-refractivity contribution in [2.45, 2.75) is 18.7 Å². The summed E-state index contributed by atoms with van der Waals surface area (Å²) < 4.78 is 13.0. The van der Waals surface area contributed by atoms with Gasteiger partial charge in [0, 0.05) is 16.5 Å². The highest BCUT2D eigenvalue weighted by Crippen LogP contribution is 2.49. The fourth-order valence-electron chi connectivity index (χ4n) is 3.94. The van der Waals surface area contributed by atoms with Gasteiger partial charge >= 0.3 is 0 Å². The number of hydrazone groups is 1. The van der Waals surface area contributed by atoms with Crippen molar-refractivity contribution < 1.29 is 9.47 Å². The predicted octanol–water partition coefficient (Wildman–Crippen LogP) is 5.70. The normalized spacial score (nSPS) is 20.1. The molecule has 0 amide bonds. The van der Waals surface area contributed by atoms with E-state index in [0.717, 1.165) is 39.2 Å². The number of benzene rings is 3. The van der Waals surface area contributed by atoms with Crippen molar-refractivity contribution in [1.82, 2.24) is 5.01 Å². The summed E-state index contributed by atoms with van der Waals surface area (Å²) in [6.07, 6.45) is 0.491. The van der Waals surface area contributed by atoms with Crippen molar-refractivity contribution >= 4 is 21.6 Å². The molecule has 0 spiro atoms. The number of hydrogen-bond acceptors (Lipinski definition) is 4. The van der Waals surface area contributed by atoms with Gasteiger partial charge in [0.25, 0.3) is 0 Å². The van der Waals surface area contributed by atoms with Crippen LogP contribution in [0, 0.1) is 0 Å². The molecule has 5 rings (SSSR count). The average Bonchev–Trinajstić information content (AvgIpc) is 3.19. The molecule has 2 aliphatic heterocycles. The van der Waals surface area contributed by atoms with Gasteiger partial charge in [0.1, 0.15) is 11.5 Å². The number of nitrogens with zero attached hydrogens (tertiary/aromatic N) is 2. The fraction of sp³-hybridized carbons (Fsp3) is 0.174. The van der Waals surface area contributed by atoms with Crippen molar-refractivity contribution in [1.29, 1.82) is 0 Å². The second-order valence-corrected chi connectivity index (χ2v) is 7.82. The lowest BCUT2D eigenvalue weighted by Gasteiger charge is -2.38. The smallest absolute Gasteiger partial charge is 0.217 e. The zero-order valence-electron chi connectivity index (χ0n) is 15.4. The maximum Gasteiger partial charge on any atom is 0.217 e. The van der Waals surface area contributed by atoms with E-state index < -0.39 is 0 Å². The van der Waals surface area contributed by atoms with E-state index in [1.165, 1.54) is 5.56 Å². The summed E-state index contributed by atoms with van der Waals surface area (Å²) >= 11 is 3.58. The second kappa shape index (κ2) is 6.99. The minimum absolute atomic E-state index is 0.133. The maximum atomic E-state index is 6.43. The van der Waals surface area contributed by atoms with Gasteiger partial charge < -0.3 is 9.47 Å². The summed E-state index contributed by atoms with van der Waals surface area (Å²) in [5, 5.41) is 7.07. The van der Waals surface area contributed by atoms with Gasteiger partial charge in [-0.15, -0.1) is 0 Å². The van der Waals surface area contributed by atoms with Gasteiger partial charge in [0.2, 0.25) is 6.23 Å². The van der Waals surface area contributed by atoms with Crippen LogP contribution in [-0.4, -0.2) is 17.8 Å². The van der Waals surface area contributed by atoms with Gasteiger partial charge in [-0.3, -0.25) is 0 Å². The molecule has 28 heavy (non-hydrogen) atoms. The molecule has 2 atom stereocenters. The molecule has 2 unspecified atom stereocenters. The first-order valence-electron chi connectivity index (χ1n) is 9.25. The first-order chi connectivity index (χ1) is 13.7. The average molecular weight is 435 g/mol. The summed E-state index contributed by atoms with van der Waals surface area (Å²) in [4.78, 5) is 0. The Balaban J connectivity index is 1.64. The van der Waals surface area contributed by atoms with E-state index in [-0.39, 0.29) is 12.3 Å². The molecule has 0 aromatic heterocycles. The Bertz CT molecular complexity index is 1050. The zero-order valence-corrected chi connectivity index (χ0v) is 17.0. The van der Waals surface area contributed by atoms with Gasteiger partial charge in [-0.25, -0.2) is 5.01 Å².